The van der Waals surface area contributed by atoms with Gasteiger partial charge in [-0.05, 0) is 45.0 Å². The molecule has 21 heavy (non-hydrogen) atoms. The van der Waals surface area contributed by atoms with E-state index in [2.05, 4.69) is 27.3 Å². The first-order chi connectivity index (χ1) is 10.2. The van der Waals surface area contributed by atoms with Crippen molar-refractivity contribution in [3.63, 3.8) is 0 Å². The lowest BCUT2D eigenvalue weighted by Gasteiger charge is -2.22. The summed E-state index contributed by atoms with van der Waals surface area (Å²) in [6.07, 6.45) is 4.18. The summed E-state index contributed by atoms with van der Waals surface area (Å²) >= 11 is 0. The first-order valence-corrected chi connectivity index (χ1v) is 7.52. The third kappa shape index (κ3) is 2.76. The summed E-state index contributed by atoms with van der Waals surface area (Å²) in [5, 5.41) is 11.1. The van der Waals surface area contributed by atoms with Gasteiger partial charge in [-0.1, -0.05) is 6.92 Å². The molecule has 2 aromatic rings. The molecule has 0 unspecified atom stereocenters. The van der Waals surface area contributed by atoms with Gasteiger partial charge in [0.2, 0.25) is 0 Å². The zero-order valence-corrected chi connectivity index (χ0v) is 12.5. The molecule has 1 aliphatic heterocycles. The summed E-state index contributed by atoms with van der Waals surface area (Å²) in [5.41, 5.74) is 1.41. The van der Waals surface area contributed by atoms with Crippen LogP contribution in [0.5, 0.6) is 0 Å². The van der Waals surface area contributed by atoms with Crippen LogP contribution in [0, 0.1) is 6.92 Å². The van der Waals surface area contributed by atoms with Crippen LogP contribution in [0.2, 0.25) is 0 Å². The highest BCUT2D eigenvalue weighted by molar-refractivity contribution is 5.94. The highest BCUT2D eigenvalue weighted by Crippen LogP contribution is 2.15. The number of fused-ring (bicyclic) bond motifs is 1. The molecule has 6 nitrogen and oxygen atoms in total. The Labute approximate surface area is 124 Å². The minimum absolute atomic E-state index is 0.0343. The van der Waals surface area contributed by atoms with Crippen molar-refractivity contribution in [1.82, 2.24) is 24.8 Å². The van der Waals surface area contributed by atoms with Crippen LogP contribution in [0.15, 0.2) is 18.3 Å². The van der Waals surface area contributed by atoms with Gasteiger partial charge in [-0.2, -0.15) is 0 Å². The zero-order valence-electron chi connectivity index (χ0n) is 12.5. The molecule has 0 aliphatic carbocycles. The molecular formula is C15H21N5O. The summed E-state index contributed by atoms with van der Waals surface area (Å²) in [6, 6.07) is 4.09. The molecule has 0 radical (unpaired) electrons. The summed E-state index contributed by atoms with van der Waals surface area (Å²) in [7, 11) is 0. The summed E-state index contributed by atoms with van der Waals surface area (Å²) < 4.78 is 1.84. The van der Waals surface area contributed by atoms with Crippen molar-refractivity contribution in [1.29, 1.82) is 0 Å². The number of likely N-dealkylation sites (N-methyl/N-ethyl adjacent to an activating group) is 1. The SMILES string of the molecule is CCN1CCC[C@@H]1CNC(=O)c1ccc2nnc(C)n2c1. The highest BCUT2D eigenvalue weighted by atomic mass is 16.1. The van der Waals surface area contributed by atoms with Gasteiger partial charge in [0.25, 0.3) is 5.91 Å². The Balaban J connectivity index is 1.67. The second-order valence-electron chi connectivity index (χ2n) is 5.53. The fourth-order valence-corrected chi connectivity index (χ4v) is 2.99. The van der Waals surface area contributed by atoms with E-state index < -0.39 is 0 Å². The molecule has 0 saturated carbocycles. The Kier molecular flexibility index (Phi) is 3.88. The van der Waals surface area contributed by atoms with E-state index in [1.165, 1.54) is 6.42 Å². The number of rotatable bonds is 4. The molecule has 112 valence electrons. The van der Waals surface area contributed by atoms with Crippen LogP contribution in [0.1, 0.15) is 35.9 Å². The molecule has 1 amide bonds. The lowest BCUT2D eigenvalue weighted by molar-refractivity contribution is 0.0941. The second-order valence-corrected chi connectivity index (χ2v) is 5.53. The van der Waals surface area contributed by atoms with E-state index >= 15 is 0 Å². The van der Waals surface area contributed by atoms with Gasteiger partial charge in [0.15, 0.2) is 5.65 Å². The van der Waals surface area contributed by atoms with Crippen molar-refractivity contribution in [2.75, 3.05) is 19.6 Å². The van der Waals surface area contributed by atoms with Crippen LogP contribution in [0.25, 0.3) is 5.65 Å². The van der Waals surface area contributed by atoms with Crippen LogP contribution < -0.4 is 5.32 Å². The van der Waals surface area contributed by atoms with Gasteiger partial charge in [0, 0.05) is 18.8 Å². The first kappa shape index (κ1) is 14.0. The Morgan fingerprint density at radius 2 is 2.29 bits per heavy atom. The molecule has 2 aromatic heterocycles. The largest absolute Gasteiger partial charge is 0.350 e. The lowest BCUT2D eigenvalue weighted by atomic mass is 10.2. The molecule has 1 saturated heterocycles. The van der Waals surface area contributed by atoms with E-state index in [1.807, 2.05) is 17.4 Å². The van der Waals surface area contributed by atoms with E-state index in [1.54, 1.807) is 12.3 Å². The lowest BCUT2D eigenvalue weighted by Crippen LogP contribution is -2.40. The van der Waals surface area contributed by atoms with E-state index in [0.29, 0.717) is 18.2 Å². The Bertz CT molecular complexity index is 651. The Morgan fingerprint density at radius 1 is 1.43 bits per heavy atom. The zero-order chi connectivity index (χ0) is 14.8. The number of pyridine rings is 1. The number of aromatic nitrogens is 3. The number of carbonyl (C=O) groups is 1. The second kappa shape index (κ2) is 5.81. The van der Waals surface area contributed by atoms with Gasteiger partial charge in [-0.25, -0.2) is 0 Å². The van der Waals surface area contributed by atoms with E-state index in [0.717, 1.165) is 31.0 Å². The van der Waals surface area contributed by atoms with Crippen molar-refractivity contribution in [3.8, 4) is 0 Å². The van der Waals surface area contributed by atoms with Gasteiger partial charge in [0.05, 0.1) is 5.56 Å². The number of aryl methyl sites for hydroxylation is 1. The standard InChI is InChI=1S/C15H21N5O/c1-3-19-8-4-5-13(19)9-16-15(21)12-6-7-14-18-17-11(2)20(14)10-12/h6-7,10,13H,3-5,8-9H2,1-2H3,(H,16,21)/t13-/m1/s1. The van der Waals surface area contributed by atoms with E-state index in [9.17, 15) is 4.79 Å². The molecule has 3 heterocycles. The Morgan fingerprint density at radius 3 is 3.10 bits per heavy atom. The minimum atomic E-state index is -0.0343. The smallest absolute Gasteiger partial charge is 0.252 e. The first-order valence-electron chi connectivity index (χ1n) is 7.52. The number of likely N-dealkylation sites (tertiary alicyclic amines) is 1. The third-order valence-corrected chi connectivity index (χ3v) is 4.24. The quantitative estimate of drug-likeness (QED) is 0.919. The van der Waals surface area contributed by atoms with E-state index in [4.69, 9.17) is 0 Å². The van der Waals surface area contributed by atoms with Gasteiger partial charge in [0.1, 0.15) is 5.82 Å². The van der Waals surface area contributed by atoms with Gasteiger partial charge in [-0.3, -0.25) is 14.1 Å². The number of hydrogen-bond donors (Lipinski definition) is 1. The van der Waals surface area contributed by atoms with Crippen LogP contribution in [-0.2, 0) is 0 Å². The average molecular weight is 287 g/mol. The maximum Gasteiger partial charge on any atom is 0.252 e. The number of hydrogen-bond acceptors (Lipinski definition) is 4. The van der Waals surface area contributed by atoms with Crippen molar-refractivity contribution in [3.05, 3.63) is 29.7 Å². The average Bonchev–Trinajstić information content (AvgIpc) is 3.11. The summed E-state index contributed by atoms with van der Waals surface area (Å²) in [6.45, 7) is 6.95. The molecule has 3 rings (SSSR count). The van der Waals surface area contributed by atoms with Crippen molar-refractivity contribution in [2.24, 2.45) is 0 Å². The van der Waals surface area contributed by atoms with E-state index in [-0.39, 0.29) is 5.91 Å². The molecule has 1 fully saturated rings. The summed E-state index contributed by atoms with van der Waals surface area (Å²) in [5.74, 6) is 0.751. The molecule has 0 aromatic carbocycles. The number of amides is 1. The number of carbonyl (C=O) groups excluding carboxylic acids is 1. The van der Waals surface area contributed by atoms with Crippen LogP contribution >= 0.6 is 0 Å². The molecule has 0 bridgehead atoms. The minimum Gasteiger partial charge on any atom is -0.350 e. The molecule has 0 spiro atoms. The molecule has 1 aliphatic rings. The molecule has 6 heteroatoms. The van der Waals surface area contributed by atoms with Crippen molar-refractivity contribution >= 4 is 11.6 Å². The normalized spacial score (nSPS) is 19.2. The summed E-state index contributed by atoms with van der Waals surface area (Å²) in [4.78, 5) is 14.7. The van der Waals surface area contributed by atoms with Gasteiger partial charge < -0.3 is 5.32 Å². The molecular weight excluding hydrogens is 266 g/mol. The maximum atomic E-state index is 12.3. The fraction of sp³-hybridized carbons (Fsp3) is 0.533. The van der Waals surface area contributed by atoms with Crippen LogP contribution in [0.4, 0.5) is 0 Å². The molecule has 1 N–H and O–H groups in total. The number of nitrogens with zero attached hydrogens (tertiary/aromatic N) is 4. The topological polar surface area (TPSA) is 62.5 Å². The van der Waals surface area contributed by atoms with Crippen LogP contribution in [-0.4, -0.2) is 51.1 Å². The highest BCUT2D eigenvalue weighted by Gasteiger charge is 2.23. The third-order valence-electron chi connectivity index (χ3n) is 4.24. The maximum absolute atomic E-state index is 12.3. The number of nitrogens with one attached hydrogen (secondary N) is 1. The monoisotopic (exact) mass is 287 g/mol. The Hall–Kier alpha value is -1.95. The van der Waals surface area contributed by atoms with Crippen LogP contribution in [0.3, 0.4) is 0 Å². The van der Waals surface area contributed by atoms with Crippen molar-refractivity contribution < 1.29 is 4.79 Å². The van der Waals surface area contributed by atoms with Gasteiger partial charge >= 0.3 is 0 Å². The predicted molar refractivity (Wildman–Crippen MR) is 80.3 cm³/mol. The predicted octanol–water partition coefficient (Wildman–Crippen LogP) is 1.25. The van der Waals surface area contributed by atoms with Crippen molar-refractivity contribution in [2.45, 2.75) is 32.7 Å². The van der Waals surface area contributed by atoms with Gasteiger partial charge in [-0.15, -0.1) is 10.2 Å². The molecule has 1 atom stereocenters. The fourth-order valence-electron chi connectivity index (χ4n) is 2.99.